The second-order valence-corrected chi connectivity index (χ2v) is 8.53. The van der Waals surface area contributed by atoms with Crippen LogP contribution in [0.3, 0.4) is 0 Å². The van der Waals surface area contributed by atoms with Crippen molar-refractivity contribution in [2.24, 2.45) is 5.92 Å². The number of aryl methyl sites for hydroxylation is 1. The maximum atomic E-state index is 5.90. The Balaban J connectivity index is 2.23. The van der Waals surface area contributed by atoms with Crippen molar-refractivity contribution < 1.29 is 4.74 Å². The van der Waals surface area contributed by atoms with Crippen LogP contribution in [0.15, 0.2) is 23.1 Å². The summed E-state index contributed by atoms with van der Waals surface area (Å²) >= 11 is 0. The fourth-order valence-corrected chi connectivity index (χ4v) is 3.44. The number of hydrogen-bond donors (Lipinski definition) is 0. The summed E-state index contributed by atoms with van der Waals surface area (Å²) in [6.07, 6.45) is 2.24. The standard InChI is InChI=1S/C19H29ClN2OS/c1-6-23-12-10-14(2)9-11-22-17-8-7-15(24-20)13-16(17)21-18(22)19(3,4)5/h7-8,13-14H,6,9-12H2,1-5H3. The Morgan fingerprint density at radius 3 is 2.67 bits per heavy atom. The lowest BCUT2D eigenvalue weighted by molar-refractivity contribution is 0.132. The van der Waals surface area contributed by atoms with Crippen LogP contribution < -0.4 is 0 Å². The zero-order chi connectivity index (χ0) is 17.7. The van der Waals surface area contributed by atoms with Crippen LogP contribution in [-0.2, 0) is 16.7 Å². The number of ether oxygens (including phenoxy) is 1. The maximum Gasteiger partial charge on any atom is 0.115 e. The Labute approximate surface area is 154 Å². The molecule has 24 heavy (non-hydrogen) atoms. The lowest BCUT2D eigenvalue weighted by atomic mass is 9.95. The number of fused-ring (bicyclic) bond motifs is 1. The van der Waals surface area contributed by atoms with Crippen LogP contribution >= 0.6 is 21.7 Å². The summed E-state index contributed by atoms with van der Waals surface area (Å²) in [6, 6.07) is 6.30. The van der Waals surface area contributed by atoms with Crippen molar-refractivity contribution in [3.05, 3.63) is 24.0 Å². The van der Waals surface area contributed by atoms with Crippen LogP contribution in [0.25, 0.3) is 11.0 Å². The van der Waals surface area contributed by atoms with Crippen molar-refractivity contribution in [1.29, 1.82) is 0 Å². The molecular weight excluding hydrogens is 340 g/mol. The smallest absolute Gasteiger partial charge is 0.115 e. The molecule has 0 aliphatic rings. The lowest BCUT2D eigenvalue weighted by Gasteiger charge is -2.21. The molecule has 5 heteroatoms. The number of benzene rings is 1. The van der Waals surface area contributed by atoms with E-state index in [0.29, 0.717) is 5.92 Å². The number of halogens is 1. The van der Waals surface area contributed by atoms with Crippen LogP contribution in [-0.4, -0.2) is 22.8 Å². The monoisotopic (exact) mass is 368 g/mol. The van der Waals surface area contributed by atoms with E-state index in [1.54, 1.807) is 0 Å². The highest BCUT2D eigenvalue weighted by Gasteiger charge is 2.23. The zero-order valence-electron chi connectivity index (χ0n) is 15.4. The summed E-state index contributed by atoms with van der Waals surface area (Å²) in [5, 5.41) is 0. The Morgan fingerprint density at radius 2 is 2.04 bits per heavy atom. The van der Waals surface area contributed by atoms with Gasteiger partial charge in [-0.15, -0.1) is 0 Å². The topological polar surface area (TPSA) is 27.1 Å². The largest absolute Gasteiger partial charge is 0.382 e. The fourth-order valence-electron chi connectivity index (χ4n) is 2.88. The number of rotatable bonds is 8. The molecule has 1 aromatic carbocycles. The van der Waals surface area contributed by atoms with Crippen LogP contribution in [0.5, 0.6) is 0 Å². The van der Waals surface area contributed by atoms with E-state index in [2.05, 4.69) is 50.5 Å². The molecule has 0 spiro atoms. The van der Waals surface area contributed by atoms with E-state index in [1.165, 1.54) is 16.5 Å². The van der Waals surface area contributed by atoms with E-state index in [9.17, 15) is 0 Å². The molecule has 1 unspecified atom stereocenters. The molecular formula is C19H29ClN2OS. The van der Waals surface area contributed by atoms with Crippen molar-refractivity contribution in [2.75, 3.05) is 13.2 Å². The quantitative estimate of drug-likeness (QED) is 0.532. The minimum atomic E-state index is 0.0157. The Kier molecular flexibility index (Phi) is 7.02. The van der Waals surface area contributed by atoms with E-state index in [0.717, 1.165) is 48.8 Å². The second-order valence-electron chi connectivity index (χ2n) is 7.44. The summed E-state index contributed by atoms with van der Waals surface area (Å²) in [4.78, 5) is 5.95. The number of hydrogen-bond acceptors (Lipinski definition) is 3. The van der Waals surface area contributed by atoms with Gasteiger partial charge in [-0.3, -0.25) is 0 Å². The fraction of sp³-hybridized carbons (Fsp3) is 0.632. The van der Waals surface area contributed by atoms with Crippen molar-refractivity contribution in [3.63, 3.8) is 0 Å². The van der Waals surface area contributed by atoms with Gasteiger partial charge in [0.2, 0.25) is 0 Å². The molecule has 3 nitrogen and oxygen atoms in total. The van der Waals surface area contributed by atoms with Crippen LogP contribution in [0.2, 0.25) is 0 Å². The minimum absolute atomic E-state index is 0.0157. The van der Waals surface area contributed by atoms with Gasteiger partial charge in [0.15, 0.2) is 0 Å². The first-order valence-electron chi connectivity index (χ1n) is 8.74. The zero-order valence-corrected chi connectivity index (χ0v) is 17.0. The van der Waals surface area contributed by atoms with E-state index < -0.39 is 0 Å². The first-order chi connectivity index (χ1) is 11.4. The highest BCUT2D eigenvalue weighted by atomic mass is 35.7. The highest BCUT2D eigenvalue weighted by Crippen LogP contribution is 2.31. The van der Waals surface area contributed by atoms with Gasteiger partial charge in [0, 0.05) is 30.1 Å². The van der Waals surface area contributed by atoms with Gasteiger partial charge in [0.1, 0.15) is 5.82 Å². The molecule has 0 saturated carbocycles. The minimum Gasteiger partial charge on any atom is -0.382 e. The summed E-state index contributed by atoms with van der Waals surface area (Å²) in [5.41, 5.74) is 2.25. The molecule has 0 bridgehead atoms. The third kappa shape index (κ3) is 4.90. The van der Waals surface area contributed by atoms with Crippen LogP contribution in [0.1, 0.15) is 53.3 Å². The van der Waals surface area contributed by atoms with Gasteiger partial charge >= 0.3 is 0 Å². The van der Waals surface area contributed by atoms with Crippen molar-refractivity contribution in [2.45, 2.75) is 64.3 Å². The predicted octanol–water partition coefficient (Wildman–Crippen LogP) is 6.03. The first kappa shape index (κ1) is 19.6. The second kappa shape index (κ2) is 8.59. The van der Waals surface area contributed by atoms with Crippen molar-refractivity contribution >= 4 is 32.7 Å². The van der Waals surface area contributed by atoms with Gasteiger partial charge in [0.25, 0.3) is 0 Å². The third-order valence-corrected chi connectivity index (χ3v) is 5.25. The Bertz CT molecular complexity index is 663. The van der Waals surface area contributed by atoms with E-state index in [1.807, 2.05) is 6.92 Å². The summed E-state index contributed by atoms with van der Waals surface area (Å²) in [7, 11) is 7.14. The predicted molar refractivity (Wildman–Crippen MR) is 105 cm³/mol. The van der Waals surface area contributed by atoms with Crippen molar-refractivity contribution in [3.8, 4) is 0 Å². The van der Waals surface area contributed by atoms with E-state index in [-0.39, 0.29) is 5.41 Å². The molecule has 0 saturated heterocycles. The van der Waals surface area contributed by atoms with Crippen LogP contribution in [0.4, 0.5) is 0 Å². The van der Waals surface area contributed by atoms with Gasteiger partial charge in [-0.25, -0.2) is 4.98 Å². The van der Waals surface area contributed by atoms with Gasteiger partial charge < -0.3 is 9.30 Å². The molecule has 0 N–H and O–H groups in total. The van der Waals surface area contributed by atoms with E-state index in [4.69, 9.17) is 20.4 Å². The van der Waals surface area contributed by atoms with Gasteiger partial charge in [-0.1, -0.05) is 27.7 Å². The normalized spacial score (nSPS) is 13.6. The molecule has 0 radical (unpaired) electrons. The lowest BCUT2D eigenvalue weighted by Crippen LogP contribution is -2.20. The van der Waals surface area contributed by atoms with Crippen LogP contribution in [0, 0.1) is 5.92 Å². The molecule has 2 aromatic rings. The molecule has 1 aromatic heterocycles. The number of nitrogens with zero attached hydrogens (tertiary/aromatic N) is 2. The maximum absolute atomic E-state index is 5.90. The molecule has 0 fully saturated rings. The molecule has 0 aliphatic heterocycles. The summed E-state index contributed by atoms with van der Waals surface area (Å²) in [5.74, 6) is 1.78. The van der Waals surface area contributed by atoms with E-state index >= 15 is 0 Å². The Morgan fingerprint density at radius 1 is 1.29 bits per heavy atom. The summed E-state index contributed by atoms with van der Waals surface area (Å²) in [6.45, 7) is 13.7. The molecule has 0 aliphatic carbocycles. The Hall–Kier alpha value is -0.710. The summed E-state index contributed by atoms with van der Waals surface area (Å²) < 4.78 is 7.87. The number of aromatic nitrogens is 2. The molecule has 1 atom stereocenters. The number of imidazole rings is 1. The van der Waals surface area contributed by atoms with Gasteiger partial charge in [-0.2, -0.15) is 0 Å². The molecule has 2 rings (SSSR count). The third-order valence-electron chi connectivity index (χ3n) is 4.28. The average Bonchev–Trinajstić information content (AvgIpc) is 2.91. The van der Waals surface area contributed by atoms with Crippen molar-refractivity contribution in [1.82, 2.24) is 9.55 Å². The molecule has 1 heterocycles. The van der Waals surface area contributed by atoms with Gasteiger partial charge in [-0.05, 0) is 65.5 Å². The molecule has 134 valence electrons. The molecule has 0 amide bonds. The first-order valence-corrected chi connectivity index (χ1v) is 10.4. The average molecular weight is 369 g/mol. The van der Waals surface area contributed by atoms with Gasteiger partial charge in [0.05, 0.1) is 11.0 Å². The highest BCUT2D eigenvalue weighted by molar-refractivity contribution is 8.21. The SMILES string of the molecule is CCOCCC(C)CCn1c(C(C)(C)C)nc2cc(SCl)ccc21.